The van der Waals surface area contributed by atoms with Crippen LogP contribution in [0.2, 0.25) is 0 Å². The van der Waals surface area contributed by atoms with Crippen LogP contribution in [-0.4, -0.2) is 50.5 Å². The fourth-order valence-electron chi connectivity index (χ4n) is 7.50. The van der Waals surface area contributed by atoms with Gasteiger partial charge in [0, 0.05) is 37.9 Å². The van der Waals surface area contributed by atoms with Crippen molar-refractivity contribution in [2.24, 2.45) is 7.05 Å². The second-order valence-electron chi connectivity index (χ2n) is 13.5. The average Bonchev–Trinajstić information content (AvgIpc) is 3.71. The Bertz CT molecular complexity index is 1610. The van der Waals surface area contributed by atoms with Crippen molar-refractivity contribution in [3.8, 4) is 5.88 Å². The molecule has 0 radical (unpaired) electrons. The molecule has 3 aromatic rings. The lowest BCUT2D eigenvalue weighted by molar-refractivity contribution is -0.138. The molecule has 240 valence electrons. The number of rotatable bonds is 9. The van der Waals surface area contributed by atoms with Crippen LogP contribution in [0.1, 0.15) is 103 Å². The van der Waals surface area contributed by atoms with E-state index in [1.807, 2.05) is 17.7 Å². The van der Waals surface area contributed by atoms with Crippen molar-refractivity contribution < 1.29 is 27.4 Å². The number of hydrogen-bond donors (Lipinski definition) is 1. The zero-order chi connectivity index (χ0) is 31.6. The van der Waals surface area contributed by atoms with Crippen molar-refractivity contribution in [2.45, 2.75) is 107 Å². The number of methoxy groups -OCH3 is 1. The van der Waals surface area contributed by atoms with Crippen molar-refractivity contribution in [1.82, 2.24) is 25.1 Å². The molecule has 1 amide bonds. The van der Waals surface area contributed by atoms with Gasteiger partial charge in [-0.15, -0.1) is 10.2 Å². The number of nitrogens with one attached hydrogen (secondary N) is 1. The standard InChI is InChI=1S/C33H39F3N6O3/c1-31(9-6-10-31)37-17-20-11-24-25(26(12-20)33(34,35)36)18-42(29(24)43)27-13-21(14-28(39-27)45-22-7-4-5-8-22)32(15-23(16-32)44-3)30-40-38-19-41(30)2/h11-14,19,22-23,37H,4-10,15-18H2,1-3H3. The predicted octanol–water partition coefficient (Wildman–Crippen LogP) is 5.84. The summed E-state index contributed by atoms with van der Waals surface area (Å²) in [5, 5.41) is 12.0. The minimum absolute atomic E-state index is 0.00115. The molecule has 3 saturated carbocycles. The molecular weight excluding hydrogens is 585 g/mol. The summed E-state index contributed by atoms with van der Waals surface area (Å²) in [5.74, 6) is 0.862. The van der Waals surface area contributed by atoms with Gasteiger partial charge in [-0.2, -0.15) is 18.2 Å². The summed E-state index contributed by atoms with van der Waals surface area (Å²) in [7, 11) is 3.55. The number of amides is 1. The number of nitrogens with zero attached hydrogens (tertiary/aromatic N) is 5. The fraction of sp³-hybridized carbons (Fsp3) is 0.576. The van der Waals surface area contributed by atoms with Crippen LogP contribution in [0.3, 0.4) is 0 Å². The molecule has 1 aromatic carbocycles. The Labute approximate surface area is 260 Å². The van der Waals surface area contributed by atoms with E-state index in [1.54, 1.807) is 25.6 Å². The highest BCUT2D eigenvalue weighted by Crippen LogP contribution is 2.51. The minimum atomic E-state index is -4.61. The van der Waals surface area contributed by atoms with E-state index in [2.05, 4.69) is 22.4 Å². The molecule has 4 aliphatic rings. The van der Waals surface area contributed by atoms with Gasteiger partial charge >= 0.3 is 6.18 Å². The van der Waals surface area contributed by atoms with Crippen LogP contribution in [0.5, 0.6) is 5.88 Å². The molecule has 3 aliphatic carbocycles. The first-order valence-corrected chi connectivity index (χ1v) is 15.8. The van der Waals surface area contributed by atoms with E-state index in [0.29, 0.717) is 24.3 Å². The molecule has 1 aliphatic heterocycles. The molecule has 0 bridgehead atoms. The molecule has 45 heavy (non-hydrogen) atoms. The highest BCUT2D eigenvalue weighted by molar-refractivity contribution is 6.10. The van der Waals surface area contributed by atoms with Gasteiger partial charge in [0.05, 0.1) is 23.6 Å². The van der Waals surface area contributed by atoms with Gasteiger partial charge in [-0.25, -0.2) is 0 Å². The summed E-state index contributed by atoms with van der Waals surface area (Å²) in [6.07, 6.45) is 5.26. The summed E-state index contributed by atoms with van der Waals surface area (Å²) >= 11 is 0. The van der Waals surface area contributed by atoms with Gasteiger partial charge < -0.3 is 19.4 Å². The Morgan fingerprint density at radius 1 is 1.07 bits per heavy atom. The highest BCUT2D eigenvalue weighted by Gasteiger charge is 2.51. The van der Waals surface area contributed by atoms with Gasteiger partial charge in [0.15, 0.2) is 0 Å². The predicted molar refractivity (Wildman–Crippen MR) is 160 cm³/mol. The number of alkyl halides is 3. The van der Waals surface area contributed by atoms with Crippen molar-refractivity contribution in [3.05, 3.63) is 64.2 Å². The van der Waals surface area contributed by atoms with E-state index in [4.69, 9.17) is 14.5 Å². The van der Waals surface area contributed by atoms with Crippen molar-refractivity contribution >= 4 is 11.7 Å². The Morgan fingerprint density at radius 2 is 1.82 bits per heavy atom. The third-order valence-corrected chi connectivity index (χ3v) is 10.4. The zero-order valence-corrected chi connectivity index (χ0v) is 25.9. The Balaban J connectivity index is 1.28. The van der Waals surface area contributed by atoms with Crippen LogP contribution >= 0.6 is 0 Å². The van der Waals surface area contributed by atoms with Gasteiger partial charge in [0.25, 0.3) is 5.91 Å². The van der Waals surface area contributed by atoms with Gasteiger partial charge in [0.1, 0.15) is 24.1 Å². The number of aryl methyl sites for hydroxylation is 1. The van der Waals surface area contributed by atoms with E-state index in [9.17, 15) is 18.0 Å². The number of carbonyl (C=O) groups excluding carboxylic acids is 1. The number of benzene rings is 1. The Hall–Kier alpha value is -3.51. The lowest BCUT2D eigenvalue weighted by Crippen LogP contribution is -2.48. The highest BCUT2D eigenvalue weighted by atomic mass is 19.4. The lowest BCUT2D eigenvalue weighted by atomic mass is 9.62. The number of fused-ring (bicyclic) bond motifs is 1. The average molecular weight is 625 g/mol. The normalized spacial score (nSPS) is 24.4. The van der Waals surface area contributed by atoms with Crippen LogP contribution in [0.4, 0.5) is 19.0 Å². The van der Waals surface area contributed by atoms with E-state index in [1.165, 1.54) is 11.0 Å². The first kappa shape index (κ1) is 30.2. The number of ether oxygens (including phenoxy) is 2. The van der Waals surface area contributed by atoms with Gasteiger partial charge in [0.2, 0.25) is 5.88 Å². The third-order valence-electron chi connectivity index (χ3n) is 10.4. The van der Waals surface area contributed by atoms with Crippen LogP contribution in [-0.2, 0) is 36.5 Å². The summed E-state index contributed by atoms with van der Waals surface area (Å²) < 4.78 is 57.2. The molecule has 3 heterocycles. The Kier molecular flexibility index (Phi) is 7.43. The largest absolute Gasteiger partial charge is 0.474 e. The van der Waals surface area contributed by atoms with Crippen molar-refractivity contribution in [2.75, 3.05) is 12.0 Å². The number of halogens is 3. The molecule has 9 nitrogen and oxygen atoms in total. The van der Waals surface area contributed by atoms with Crippen LogP contribution in [0, 0.1) is 0 Å². The SMILES string of the molecule is COC1CC(c2cc(OC3CCCC3)nc(N3Cc4c(cc(CNC5(C)CCC5)cc4C(F)(F)F)C3=O)c2)(c2nncn2C)C1. The van der Waals surface area contributed by atoms with Gasteiger partial charge in [-0.1, -0.05) is 0 Å². The molecule has 0 spiro atoms. The maximum atomic E-state index is 14.4. The molecule has 0 saturated heterocycles. The third kappa shape index (κ3) is 5.39. The van der Waals surface area contributed by atoms with Crippen LogP contribution < -0.4 is 15.0 Å². The number of carbonyl (C=O) groups is 1. The molecule has 3 fully saturated rings. The van der Waals surface area contributed by atoms with Gasteiger partial charge in [-0.05, 0) is 99.6 Å². The molecule has 7 rings (SSSR count). The summed E-state index contributed by atoms with van der Waals surface area (Å²) in [5.41, 5.74) is -0.140. The first-order chi connectivity index (χ1) is 21.5. The lowest BCUT2D eigenvalue weighted by Gasteiger charge is -2.46. The monoisotopic (exact) mass is 624 g/mol. The second kappa shape index (κ2) is 11.1. The van der Waals surface area contributed by atoms with Crippen LogP contribution in [0.25, 0.3) is 0 Å². The number of pyridine rings is 1. The number of anilines is 1. The second-order valence-corrected chi connectivity index (χ2v) is 13.5. The fourth-order valence-corrected chi connectivity index (χ4v) is 7.50. The minimum Gasteiger partial charge on any atom is -0.474 e. The van der Waals surface area contributed by atoms with Gasteiger partial charge in [-0.3, -0.25) is 9.69 Å². The maximum absolute atomic E-state index is 14.4. The summed E-state index contributed by atoms with van der Waals surface area (Å²) in [6.45, 7) is 2.11. The number of hydrogen-bond acceptors (Lipinski definition) is 7. The molecule has 2 aromatic heterocycles. The van der Waals surface area contributed by atoms with E-state index < -0.39 is 23.1 Å². The molecule has 0 unspecified atom stereocenters. The van der Waals surface area contributed by atoms with Crippen molar-refractivity contribution in [3.63, 3.8) is 0 Å². The van der Waals surface area contributed by atoms with E-state index in [-0.39, 0.29) is 47.8 Å². The first-order valence-electron chi connectivity index (χ1n) is 15.8. The topological polar surface area (TPSA) is 94.4 Å². The van der Waals surface area contributed by atoms with E-state index >= 15 is 0 Å². The summed E-state index contributed by atoms with van der Waals surface area (Å²) in [4.78, 5) is 20.1. The zero-order valence-electron chi connectivity index (χ0n) is 25.9. The van der Waals surface area contributed by atoms with Crippen molar-refractivity contribution in [1.29, 1.82) is 0 Å². The maximum Gasteiger partial charge on any atom is 0.416 e. The van der Waals surface area contributed by atoms with E-state index in [0.717, 1.165) is 56.3 Å². The molecule has 0 atom stereocenters. The van der Waals surface area contributed by atoms with Crippen LogP contribution in [0.15, 0.2) is 30.6 Å². The molecule has 12 heteroatoms. The quantitative estimate of drug-likeness (QED) is 0.320. The molecular formula is C33H39F3N6O3. The number of aromatic nitrogens is 4. The Morgan fingerprint density at radius 3 is 2.44 bits per heavy atom. The molecule has 1 N–H and O–H groups in total. The smallest absolute Gasteiger partial charge is 0.416 e. The summed E-state index contributed by atoms with van der Waals surface area (Å²) in [6, 6.07) is 6.49.